The maximum atomic E-state index is 5.69. The number of anilines is 1. The van der Waals surface area contributed by atoms with Gasteiger partial charge in [0.2, 0.25) is 0 Å². The molecule has 0 aliphatic carbocycles. The van der Waals surface area contributed by atoms with E-state index in [4.69, 9.17) is 5.73 Å². The lowest BCUT2D eigenvalue weighted by Gasteiger charge is -2.14. The number of benzene rings is 2. The van der Waals surface area contributed by atoms with Gasteiger partial charge in [-0.2, -0.15) is 0 Å². The van der Waals surface area contributed by atoms with Crippen LogP contribution in [0.5, 0.6) is 0 Å². The van der Waals surface area contributed by atoms with Crippen LogP contribution in [0.25, 0.3) is 0 Å². The predicted molar refractivity (Wildman–Crippen MR) is 91.5 cm³/mol. The normalized spacial score (nSPS) is 12.3. The molecule has 0 bridgehead atoms. The molecule has 0 spiro atoms. The molecule has 21 heavy (non-hydrogen) atoms. The molecule has 0 amide bonds. The molecule has 0 saturated carbocycles. The molecule has 1 unspecified atom stereocenters. The standard InChI is InChI=1S/C19H26N2/c1-15-5-7-18(8-6-15)14-16(2)21-13-3-4-17-9-11-19(20)12-10-17/h5-12,16,21H,3-4,13-14,20H2,1-2H3. The minimum Gasteiger partial charge on any atom is -0.399 e. The largest absolute Gasteiger partial charge is 0.399 e. The van der Waals surface area contributed by atoms with Crippen LogP contribution in [0.4, 0.5) is 5.69 Å². The highest BCUT2D eigenvalue weighted by Gasteiger charge is 2.02. The molecule has 0 radical (unpaired) electrons. The number of hydrogen-bond donors (Lipinski definition) is 2. The Balaban J connectivity index is 1.66. The fraction of sp³-hybridized carbons (Fsp3) is 0.368. The van der Waals surface area contributed by atoms with Gasteiger partial charge in [0, 0.05) is 11.7 Å². The maximum Gasteiger partial charge on any atom is 0.0314 e. The van der Waals surface area contributed by atoms with Crippen molar-refractivity contribution in [2.45, 2.75) is 39.2 Å². The Bertz CT molecular complexity index is 528. The van der Waals surface area contributed by atoms with E-state index in [9.17, 15) is 0 Å². The molecule has 0 fully saturated rings. The lowest BCUT2D eigenvalue weighted by atomic mass is 10.1. The first kappa shape index (κ1) is 15.6. The highest BCUT2D eigenvalue weighted by atomic mass is 14.9. The first-order chi connectivity index (χ1) is 10.1. The van der Waals surface area contributed by atoms with Gasteiger partial charge >= 0.3 is 0 Å². The van der Waals surface area contributed by atoms with Gasteiger partial charge in [0.05, 0.1) is 0 Å². The quantitative estimate of drug-likeness (QED) is 0.600. The van der Waals surface area contributed by atoms with E-state index in [2.05, 4.69) is 55.6 Å². The van der Waals surface area contributed by atoms with Crippen molar-refractivity contribution in [1.29, 1.82) is 0 Å². The molecule has 112 valence electrons. The van der Waals surface area contributed by atoms with Crippen molar-refractivity contribution in [2.75, 3.05) is 12.3 Å². The van der Waals surface area contributed by atoms with Crippen LogP contribution < -0.4 is 11.1 Å². The van der Waals surface area contributed by atoms with Crippen molar-refractivity contribution < 1.29 is 0 Å². The maximum absolute atomic E-state index is 5.69. The van der Waals surface area contributed by atoms with Gasteiger partial charge in [0.15, 0.2) is 0 Å². The van der Waals surface area contributed by atoms with E-state index in [1.54, 1.807) is 0 Å². The molecule has 0 aliphatic heterocycles. The molecule has 0 aliphatic rings. The van der Waals surface area contributed by atoms with E-state index in [1.807, 2.05) is 12.1 Å². The Hall–Kier alpha value is -1.80. The lowest BCUT2D eigenvalue weighted by Crippen LogP contribution is -2.29. The Morgan fingerprint density at radius 3 is 2.24 bits per heavy atom. The summed E-state index contributed by atoms with van der Waals surface area (Å²) in [5.41, 5.74) is 10.6. The van der Waals surface area contributed by atoms with Gasteiger partial charge < -0.3 is 11.1 Å². The first-order valence-electron chi connectivity index (χ1n) is 7.77. The molecular formula is C19H26N2. The lowest BCUT2D eigenvalue weighted by molar-refractivity contribution is 0.534. The van der Waals surface area contributed by atoms with Crippen LogP contribution in [0.2, 0.25) is 0 Å². The summed E-state index contributed by atoms with van der Waals surface area (Å²) in [5.74, 6) is 0. The van der Waals surface area contributed by atoms with Crippen LogP contribution in [0, 0.1) is 6.92 Å². The van der Waals surface area contributed by atoms with Crippen molar-refractivity contribution in [1.82, 2.24) is 5.32 Å². The fourth-order valence-electron chi connectivity index (χ4n) is 2.48. The van der Waals surface area contributed by atoms with Gasteiger partial charge in [0.1, 0.15) is 0 Å². The van der Waals surface area contributed by atoms with E-state index >= 15 is 0 Å². The molecule has 0 heterocycles. The second-order valence-electron chi connectivity index (χ2n) is 5.89. The summed E-state index contributed by atoms with van der Waals surface area (Å²) in [4.78, 5) is 0. The van der Waals surface area contributed by atoms with Crippen molar-refractivity contribution in [3.8, 4) is 0 Å². The highest BCUT2D eigenvalue weighted by molar-refractivity contribution is 5.39. The summed E-state index contributed by atoms with van der Waals surface area (Å²) in [6.45, 7) is 5.43. The van der Waals surface area contributed by atoms with Crippen LogP contribution in [-0.4, -0.2) is 12.6 Å². The van der Waals surface area contributed by atoms with E-state index < -0.39 is 0 Å². The first-order valence-corrected chi connectivity index (χ1v) is 7.77. The summed E-state index contributed by atoms with van der Waals surface area (Å²) >= 11 is 0. The third-order valence-corrected chi connectivity index (χ3v) is 3.78. The second kappa shape index (κ2) is 7.84. The van der Waals surface area contributed by atoms with E-state index in [-0.39, 0.29) is 0 Å². The minimum absolute atomic E-state index is 0.513. The van der Waals surface area contributed by atoms with Crippen LogP contribution in [-0.2, 0) is 12.8 Å². The topological polar surface area (TPSA) is 38.0 Å². The van der Waals surface area contributed by atoms with Gasteiger partial charge in [0.25, 0.3) is 0 Å². The second-order valence-corrected chi connectivity index (χ2v) is 5.89. The van der Waals surface area contributed by atoms with Crippen molar-refractivity contribution in [3.63, 3.8) is 0 Å². The third-order valence-electron chi connectivity index (χ3n) is 3.78. The Kier molecular flexibility index (Phi) is 5.82. The zero-order valence-electron chi connectivity index (χ0n) is 13.1. The van der Waals surface area contributed by atoms with Gasteiger partial charge in [-0.3, -0.25) is 0 Å². The van der Waals surface area contributed by atoms with Crippen LogP contribution in [0.1, 0.15) is 30.0 Å². The summed E-state index contributed by atoms with van der Waals surface area (Å²) in [7, 11) is 0. The molecule has 2 heteroatoms. The average molecular weight is 282 g/mol. The zero-order chi connectivity index (χ0) is 15.1. The molecule has 1 atom stereocenters. The number of hydrogen-bond acceptors (Lipinski definition) is 2. The van der Waals surface area contributed by atoms with Crippen molar-refractivity contribution in [2.24, 2.45) is 0 Å². The van der Waals surface area contributed by atoms with Gasteiger partial charge in [-0.25, -0.2) is 0 Å². The molecule has 0 saturated heterocycles. The van der Waals surface area contributed by atoms with Crippen LogP contribution >= 0.6 is 0 Å². The van der Waals surface area contributed by atoms with Gasteiger partial charge in [-0.15, -0.1) is 0 Å². The highest BCUT2D eigenvalue weighted by Crippen LogP contribution is 2.08. The van der Waals surface area contributed by atoms with Gasteiger partial charge in [-0.1, -0.05) is 42.0 Å². The smallest absolute Gasteiger partial charge is 0.0314 e. The molecule has 3 N–H and O–H groups in total. The number of nitrogen functional groups attached to an aromatic ring is 1. The summed E-state index contributed by atoms with van der Waals surface area (Å²) in [5, 5.41) is 3.60. The summed E-state index contributed by atoms with van der Waals surface area (Å²) < 4.78 is 0. The molecule has 2 nitrogen and oxygen atoms in total. The third kappa shape index (κ3) is 5.60. The van der Waals surface area contributed by atoms with Crippen LogP contribution in [0.15, 0.2) is 48.5 Å². The molecule has 2 aromatic rings. The molecular weight excluding hydrogens is 256 g/mol. The minimum atomic E-state index is 0.513. The monoisotopic (exact) mass is 282 g/mol. The fourth-order valence-corrected chi connectivity index (χ4v) is 2.48. The van der Waals surface area contributed by atoms with Crippen LogP contribution in [0.3, 0.4) is 0 Å². The van der Waals surface area contributed by atoms with Crippen molar-refractivity contribution >= 4 is 5.69 Å². The number of aryl methyl sites for hydroxylation is 2. The zero-order valence-corrected chi connectivity index (χ0v) is 13.1. The van der Waals surface area contributed by atoms with Gasteiger partial charge in [-0.05, 0) is 62.9 Å². The number of nitrogens with one attached hydrogen (secondary N) is 1. The molecule has 2 aromatic carbocycles. The Labute approximate surface area is 128 Å². The number of nitrogens with two attached hydrogens (primary N) is 1. The average Bonchev–Trinajstić information content (AvgIpc) is 2.48. The summed E-state index contributed by atoms with van der Waals surface area (Å²) in [6.07, 6.45) is 3.34. The Morgan fingerprint density at radius 2 is 1.57 bits per heavy atom. The van der Waals surface area contributed by atoms with E-state index in [0.29, 0.717) is 6.04 Å². The predicted octanol–water partition coefficient (Wildman–Crippen LogP) is 3.73. The molecule has 0 aromatic heterocycles. The Morgan fingerprint density at radius 1 is 0.952 bits per heavy atom. The number of rotatable bonds is 7. The van der Waals surface area contributed by atoms with Crippen molar-refractivity contribution in [3.05, 3.63) is 65.2 Å². The SMILES string of the molecule is Cc1ccc(CC(C)NCCCc2ccc(N)cc2)cc1. The molecule has 2 rings (SSSR count). The summed E-state index contributed by atoms with van der Waals surface area (Å²) in [6, 6.07) is 17.5. The van der Waals surface area contributed by atoms with E-state index in [1.165, 1.54) is 16.7 Å². The van der Waals surface area contributed by atoms with E-state index in [0.717, 1.165) is 31.5 Å².